The molecule has 0 unspecified atom stereocenters. The van der Waals surface area contributed by atoms with E-state index in [1.165, 1.54) is 0 Å². The first-order valence-corrected chi connectivity index (χ1v) is 7.14. The van der Waals surface area contributed by atoms with E-state index in [2.05, 4.69) is 21.7 Å². The second-order valence-corrected chi connectivity index (χ2v) is 4.97. The van der Waals surface area contributed by atoms with E-state index < -0.39 is 0 Å². The van der Waals surface area contributed by atoms with Crippen molar-refractivity contribution in [2.24, 2.45) is 0 Å². The molecule has 2 N–H and O–H groups in total. The number of benzene rings is 2. The number of fused-ring (bicyclic) bond motifs is 1. The van der Waals surface area contributed by atoms with E-state index >= 15 is 0 Å². The third kappa shape index (κ3) is 3.44. The Labute approximate surface area is 133 Å². The summed E-state index contributed by atoms with van der Waals surface area (Å²) in [4.78, 5) is 16.4. The molecule has 0 aliphatic heterocycles. The van der Waals surface area contributed by atoms with Crippen LogP contribution in [0.25, 0.3) is 10.9 Å². The lowest BCUT2D eigenvalue weighted by molar-refractivity contribution is -0.114. The second-order valence-electron chi connectivity index (χ2n) is 4.97. The minimum atomic E-state index is -0.147. The number of pyridine rings is 1. The van der Waals surface area contributed by atoms with Crippen molar-refractivity contribution in [1.29, 1.82) is 5.26 Å². The summed E-state index contributed by atoms with van der Waals surface area (Å²) in [6.07, 6.45) is 1.72. The Morgan fingerprint density at radius 1 is 1.09 bits per heavy atom. The number of rotatable bonds is 4. The van der Waals surface area contributed by atoms with Gasteiger partial charge in [0.2, 0.25) is 5.91 Å². The van der Waals surface area contributed by atoms with Gasteiger partial charge >= 0.3 is 0 Å². The minimum absolute atomic E-state index is 0.141. The number of carbonyl (C=O) groups is 1. The fraction of sp³-hybridized carbons (Fsp3) is 0.0556. The van der Waals surface area contributed by atoms with Gasteiger partial charge < -0.3 is 10.6 Å². The van der Waals surface area contributed by atoms with Crippen LogP contribution in [-0.2, 0) is 4.79 Å². The highest BCUT2D eigenvalue weighted by Gasteiger charge is 2.06. The van der Waals surface area contributed by atoms with Crippen molar-refractivity contribution in [3.05, 3.63) is 66.4 Å². The maximum atomic E-state index is 12.1. The predicted molar refractivity (Wildman–Crippen MR) is 90.0 cm³/mol. The molecule has 3 aromatic rings. The molecular weight excluding hydrogens is 288 g/mol. The summed E-state index contributed by atoms with van der Waals surface area (Å²) in [5, 5.41) is 15.6. The summed E-state index contributed by atoms with van der Waals surface area (Å²) in [5.41, 5.74) is 2.95. The molecule has 0 spiro atoms. The first-order valence-electron chi connectivity index (χ1n) is 7.14. The van der Waals surface area contributed by atoms with Crippen molar-refractivity contribution in [1.82, 2.24) is 4.98 Å². The average molecular weight is 302 g/mol. The molecule has 3 rings (SSSR count). The molecule has 0 atom stereocenters. The summed E-state index contributed by atoms with van der Waals surface area (Å²) in [6, 6.07) is 18.4. The Morgan fingerprint density at radius 3 is 2.70 bits per heavy atom. The number of carbonyl (C=O) groups excluding carboxylic acids is 1. The SMILES string of the molecule is N#Cc1ccc(NCC(=O)Nc2cccc3ncccc23)cc1. The normalized spacial score (nSPS) is 10.0. The summed E-state index contributed by atoms with van der Waals surface area (Å²) >= 11 is 0. The van der Waals surface area contributed by atoms with E-state index in [-0.39, 0.29) is 12.5 Å². The zero-order valence-electron chi connectivity index (χ0n) is 12.3. The van der Waals surface area contributed by atoms with Crippen LogP contribution in [0.15, 0.2) is 60.8 Å². The maximum Gasteiger partial charge on any atom is 0.243 e. The molecular formula is C18H14N4O. The molecule has 5 nitrogen and oxygen atoms in total. The van der Waals surface area contributed by atoms with E-state index in [9.17, 15) is 4.79 Å². The Bertz CT molecular complexity index is 876. The number of hydrogen-bond acceptors (Lipinski definition) is 4. The highest BCUT2D eigenvalue weighted by atomic mass is 16.1. The van der Waals surface area contributed by atoms with Crippen molar-refractivity contribution in [3.8, 4) is 6.07 Å². The molecule has 0 bridgehead atoms. The number of nitrogens with one attached hydrogen (secondary N) is 2. The van der Waals surface area contributed by atoms with Crippen LogP contribution in [0.3, 0.4) is 0 Å². The molecule has 0 fully saturated rings. The van der Waals surface area contributed by atoms with Crippen molar-refractivity contribution < 1.29 is 4.79 Å². The number of hydrogen-bond donors (Lipinski definition) is 2. The Morgan fingerprint density at radius 2 is 1.91 bits per heavy atom. The Kier molecular flexibility index (Phi) is 4.16. The van der Waals surface area contributed by atoms with E-state index in [0.717, 1.165) is 22.3 Å². The Hall–Kier alpha value is -3.39. The van der Waals surface area contributed by atoms with Gasteiger partial charge in [-0.3, -0.25) is 9.78 Å². The van der Waals surface area contributed by atoms with Gasteiger partial charge in [-0.25, -0.2) is 0 Å². The summed E-state index contributed by atoms with van der Waals surface area (Å²) < 4.78 is 0. The minimum Gasteiger partial charge on any atom is -0.376 e. The third-order valence-electron chi connectivity index (χ3n) is 3.39. The highest BCUT2D eigenvalue weighted by molar-refractivity contribution is 6.02. The molecule has 0 radical (unpaired) electrons. The average Bonchev–Trinajstić information content (AvgIpc) is 2.61. The van der Waals surface area contributed by atoms with Crippen LogP contribution in [0.4, 0.5) is 11.4 Å². The molecule has 0 saturated carbocycles. The molecule has 2 aromatic carbocycles. The van der Waals surface area contributed by atoms with Crippen LogP contribution in [0, 0.1) is 11.3 Å². The van der Waals surface area contributed by atoms with Crippen molar-refractivity contribution >= 4 is 28.2 Å². The van der Waals surface area contributed by atoms with E-state index in [0.29, 0.717) is 5.56 Å². The lowest BCUT2D eigenvalue weighted by Crippen LogP contribution is -2.21. The fourth-order valence-corrected chi connectivity index (χ4v) is 2.25. The van der Waals surface area contributed by atoms with Gasteiger partial charge in [0.1, 0.15) is 0 Å². The molecule has 0 saturated heterocycles. The van der Waals surface area contributed by atoms with E-state index in [1.54, 1.807) is 30.5 Å². The van der Waals surface area contributed by atoms with Crippen LogP contribution in [0.2, 0.25) is 0 Å². The Balaban J connectivity index is 1.65. The van der Waals surface area contributed by atoms with Gasteiger partial charge in [0, 0.05) is 17.3 Å². The van der Waals surface area contributed by atoms with Gasteiger partial charge in [-0.05, 0) is 48.5 Å². The first kappa shape index (κ1) is 14.5. The zero-order chi connectivity index (χ0) is 16.1. The number of anilines is 2. The largest absolute Gasteiger partial charge is 0.376 e. The van der Waals surface area contributed by atoms with Crippen LogP contribution >= 0.6 is 0 Å². The molecule has 112 valence electrons. The van der Waals surface area contributed by atoms with Gasteiger partial charge in [-0.2, -0.15) is 5.26 Å². The third-order valence-corrected chi connectivity index (χ3v) is 3.39. The second kappa shape index (κ2) is 6.58. The molecule has 1 heterocycles. The monoisotopic (exact) mass is 302 g/mol. The quantitative estimate of drug-likeness (QED) is 0.776. The number of amides is 1. The molecule has 23 heavy (non-hydrogen) atoms. The van der Waals surface area contributed by atoms with Crippen LogP contribution in [-0.4, -0.2) is 17.4 Å². The number of nitrogens with zero attached hydrogens (tertiary/aromatic N) is 2. The van der Waals surface area contributed by atoms with Crippen LogP contribution in [0.1, 0.15) is 5.56 Å². The standard InChI is InChI=1S/C18H14N4O/c19-11-13-6-8-14(9-7-13)21-12-18(23)22-17-5-1-4-16-15(17)3-2-10-20-16/h1-10,21H,12H2,(H,22,23). The number of aromatic nitrogens is 1. The summed E-state index contributed by atoms with van der Waals surface area (Å²) in [5.74, 6) is -0.147. The summed E-state index contributed by atoms with van der Waals surface area (Å²) in [6.45, 7) is 0.141. The molecule has 0 aliphatic rings. The summed E-state index contributed by atoms with van der Waals surface area (Å²) in [7, 11) is 0. The molecule has 1 amide bonds. The van der Waals surface area contributed by atoms with E-state index in [1.807, 2.05) is 30.3 Å². The molecule has 1 aromatic heterocycles. The van der Waals surface area contributed by atoms with Gasteiger partial charge in [0.15, 0.2) is 0 Å². The zero-order valence-corrected chi connectivity index (χ0v) is 12.3. The highest BCUT2D eigenvalue weighted by Crippen LogP contribution is 2.21. The smallest absolute Gasteiger partial charge is 0.243 e. The maximum absolute atomic E-state index is 12.1. The van der Waals surface area contributed by atoms with Crippen molar-refractivity contribution in [3.63, 3.8) is 0 Å². The van der Waals surface area contributed by atoms with Gasteiger partial charge in [-0.1, -0.05) is 6.07 Å². The van der Waals surface area contributed by atoms with E-state index in [4.69, 9.17) is 5.26 Å². The van der Waals surface area contributed by atoms with Gasteiger partial charge in [-0.15, -0.1) is 0 Å². The molecule has 5 heteroatoms. The van der Waals surface area contributed by atoms with Gasteiger partial charge in [0.25, 0.3) is 0 Å². The van der Waals surface area contributed by atoms with Crippen LogP contribution < -0.4 is 10.6 Å². The lowest BCUT2D eigenvalue weighted by atomic mass is 10.2. The topological polar surface area (TPSA) is 77.8 Å². The first-order chi connectivity index (χ1) is 11.3. The predicted octanol–water partition coefficient (Wildman–Crippen LogP) is 3.16. The van der Waals surface area contributed by atoms with Crippen molar-refractivity contribution in [2.75, 3.05) is 17.2 Å². The van der Waals surface area contributed by atoms with Crippen molar-refractivity contribution in [2.45, 2.75) is 0 Å². The fourth-order valence-electron chi connectivity index (χ4n) is 2.25. The van der Waals surface area contributed by atoms with Gasteiger partial charge in [0.05, 0.1) is 29.4 Å². The van der Waals surface area contributed by atoms with Crippen LogP contribution in [0.5, 0.6) is 0 Å². The lowest BCUT2D eigenvalue weighted by Gasteiger charge is -2.10. The molecule has 0 aliphatic carbocycles. The number of nitriles is 1.